The van der Waals surface area contributed by atoms with Crippen molar-refractivity contribution in [2.24, 2.45) is 5.92 Å². The monoisotopic (exact) mass is 312 g/mol. The van der Waals surface area contributed by atoms with Crippen molar-refractivity contribution >= 4 is 17.8 Å². The zero-order chi connectivity index (χ0) is 16.4. The average Bonchev–Trinajstić information content (AvgIpc) is 2.64. The number of amides is 2. The quantitative estimate of drug-likeness (QED) is 0.625. The Labute approximate surface area is 117 Å². The molecule has 21 heavy (non-hydrogen) atoms. The predicted molar refractivity (Wildman–Crippen MR) is 62.0 cm³/mol. The van der Waals surface area contributed by atoms with Crippen LogP contribution in [0.2, 0.25) is 0 Å². The van der Waals surface area contributed by atoms with Gasteiger partial charge in [0.05, 0.1) is 12.0 Å². The summed E-state index contributed by atoms with van der Waals surface area (Å²) < 4.78 is 36.7. The molecule has 10 heteroatoms. The summed E-state index contributed by atoms with van der Waals surface area (Å²) in [5.74, 6) is -4.24. The van der Waals surface area contributed by atoms with Crippen molar-refractivity contribution < 1.29 is 37.8 Å². The maximum Gasteiger partial charge on any atom is 0.406 e. The van der Waals surface area contributed by atoms with Gasteiger partial charge in [-0.1, -0.05) is 0 Å². The number of carbonyl (C=O) groups excluding carboxylic acids is 2. The maximum absolute atomic E-state index is 12.2. The van der Waals surface area contributed by atoms with Crippen LogP contribution in [-0.4, -0.2) is 64.3 Å². The summed E-state index contributed by atoms with van der Waals surface area (Å²) >= 11 is 0. The molecule has 0 radical (unpaired) electrons. The normalized spacial score (nSPS) is 22.0. The van der Waals surface area contributed by atoms with Crippen molar-refractivity contribution in [3.8, 4) is 0 Å². The second-order valence-electron chi connectivity index (χ2n) is 4.86. The molecule has 0 aromatic rings. The van der Waals surface area contributed by atoms with Gasteiger partial charge >= 0.3 is 12.1 Å². The van der Waals surface area contributed by atoms with E-state index in [1.54, 1.807) is 0 Å². The molecule has 120 valence electrons. The molecule has 1 heterocycles. The number of carbonyl (C=O) groups is 3. The van der Waals surface area contributed by atoms with E-state index in [1.807, 2.05) is 5.32 Å². The highest BCUT2D eigenvalue weighted by Gasteiger charge is 2.41. The Morgan fingerprint density at radius 1 is 1.48 bits per heavy atom. The van der Waals surface area contributed by atoms with Gasteiger partial charge in [-0.2, -0.15) is 13.2 Å². The van der Waals surface area contributed by atoms with E-state index in [0.717, 1.165) is 6.92 Å². The minimum atomic E-state index is -4.57. The van der Waals surface area contributed by atoms with Crippen LogP contribution in [0.3, 0.4) is 0 Å². The SMILES string of the molecule is C[C@@H](O)[C@H](NC(=O)C1CC(=O)N(CC(F)(F)F)C1)C(=O)O. The van der Waals surface area contributed by atoms with E-state index in [9.17, 15) is 32.7 Å². The van der Waals surface area contributed by atoms with E-state index >= 15 is 0 Å². The Kier molecular flexibility index (Phi) is 5.15. The van der Waals surface area contributed by atoms with E-state index in [-0.39, 0.29) is 0 Å². The molecule has 1 rings (SSSR count). The summed E-state index contributed by atoms with van der Waals surface area (Å²) in [7, 11) is 0. The van der Waals surface area contributed by atoms with Crippen molar-refractivity contribution in [2.75, 3.05) is 13.1 Å². The van der Waals surface area contributed by atoms with Gasteiger partial charge in [-0.25, -0.2) is 4.79 Å². The summed E-state index contributed by atoms with van der Waals surface area (Å²) in [5, 5.41) is 20.0. The molecular weight excluding hydrogens is 297 g/mol. The second-order valence-corrected chi connectivity index (χ2v) is 4.86. The van der Waals surface area contributed by atoms with Gasteiger partial charge in [0.25, 0.3) is 0 Å². The number of aliphatic carboxylic acids is 1. The Bertz CT molecular complexity index is 438. The van der Waals surface area contributed by atoms with Crippen molar-refractivity contribution in [1.82, 2.24) is 10.2 Å². The summed E-state index contributed by atoms with van der Waals surface area (Å²) in [6.45, 7) is -0.737. The van der Waals surface area contributed by atoms with Crippen LogP contribution in [0.15, 0.2) is 0 Å². The van der Waals surface area contributed by atoms with Gasteiger partial charge in [-0.05, 0) is 6.92 Å². The lowest BCUT2D eigenvalue weighted by atomic mass is 10.1. The first kappa shape index (κ1) is 17.2. The zero-order valence-corrected chi connectivity index (χ0v) is 11.1. The summed E-state index contributed by atoms with van der Waals surface area (Å²) in [6, 6.07) is -1.58. The lowest BCUT2D eigenvalue weighted by Crippen LogP contribution is -2.50. The summed E-state index contributed by atoms with van der Waals surface area (Å²) in [4.78, 5) is 34.5. The standard InChI is InChI=1S/C11H15F3N2O5/c1-5(17)8(10(20)21)15-9(19)6-2-7(18)16(3-6)4-11(12,13)14/h5-6,8,17H,2-4H2,1H3,(H,15,19)(H,20,21)/t5-,6?,8+/m1/s1. The smallest absolute Gasteiger partial charge is 0.406 e. The molecule has 0 aliphatic carbocycles. The third kappa shape index (κ3) is 4.88. The molecule has 1 aliphatic heterocycles. The van der Waals surface area contributed by atoms with E-state index in [2.05, 4.69) is 0 Å². The first-order valence-corrected chi connectivity index (χ1v) is 6.07. The first-order valence-electron chi connectivity index (χ1n) is 6.07. The third-order valence-corrected chi connectivity index (χ3v) is 3.00. The predicted octanol–water partition coefficient (Wildman–Crippen LogP) is -0.653. The largest absolute Gasteiger partial charge is 0.480 e. The lowest BCUT2D eigenvalue weighted by molar-refractivity contribution is -0.157. The topological polar surface area (TPSA) is 107 Å². The van der Waals surface area contributed by atoms with Crippen LogP contribution in [-0.2, 0) is 14.4 Å². The number of hydrogen-bond acceptors (Lipinski definition) is 4. The van der Waals surface area contributed by atoms with Crippen LogP contribution in [0.5, 0.6) is 0 Å². The molecular formula is C11H15F3N2O5. The third-order valence-electron chi connectivity index (χ3n) is 3.00. The van der Waals surface area contributed by atoms with Crippen molar-refractivity contribution in [3.63, 3.8) is 0 Å². The number of halogens is 3. The minimum Gasteiger partial charge on any atom is -0.480 e. The number of rotatable bonds is 5. The van der Waals surface area contributed by atoms with Crippen molar-refractivity contribution in [3.05, 3.63) is 0 Å². The van der Waals surface area contributed by atoms with Gasteiger partial charge in [0.1, 0.15) is 6.54 Å². The highest BCUT2D eigenvalue weighted by Crippen LogP contribution is 2.24. The number of hydrogen-bond donors (Lipinski definition) is 3. The molecule has 1 saturated heterocycles. The molecule has 3 N–H and O–H groups in total. The van der Waals surface area contributed by atoms with Gasteiger partial charge in [0.15, 0.2) is 6.04 Å². The minimum absolute atomic E-state index is 0.423. The molecule has 1 aliphatic rings. The number of nitrogens with one attached hydrogen (secondary N) is 1. The van der Waals surface area contributed by atoms with Crippen LogP contribution in [0.25, 0.3) is 0 Å². The molecule has 2 amide bonds. The maximum atomic E-state index is 12.2. The number of nitrogens with zero attached hydrogens (tertiary/aromatic N) is 1. The average molecular weight is 312 g/mol. The molecule has 1 unspecified atom stereocenters. The fourth-order valence-electron chi connectivity index (χ4n) is 1.98. The molecule has 0 saturated carbocycles. The van der Waals surface area contributed by atoms with Crippen molar-refractivity contribution in [1.29, 1.82) is 0 Å². The van der Waals surface area contributed by atoms with E-state index in [4.69, 9.17) is 5.11 Å². The second kappa shape index (κ2) is 6.29. The zero-order valence-electron chi connectivity index (χ0n) is 11.1. The first-order chi connectivity index (χ1) is 9.51. The van der Waals surface area contributed by atoms with Crippen LogP contribution in [0, 0.1) is 5.92 Å². The van der Waals surface area contributed by atoms with Crippen LogP contribution in [0.1, 0.15) is 13.3 Å². The molecule has 1 fully saturated rings. The van der Waals surface area contributed by atoms with E-state index in [0.29, 0.717) is 4.90 Å². The highest BCUT2D eigenvalue weighted by atomic mass is 19.4. The van der Waals surface area contributed by atoms with Crippen LogP contribution >= 0.6 is 0 Å². The number of alkyl halides is 3. The fraction of sp³-hybridized carbons (Fsp3) is 0.727. The molecule has 0 aromatic heterocycles. The highest BCUT2D eigenvalue weighted by molar-refractivity contribution is 5.91. The Balaban J connectivity index is 2.65. The number of carboxylic acids is 1. The van der Waals surface area contributed by atoms with Gasteiger partial charge in [-0.3, -0.25) is 9.59 Å². The van der Waals surface area contributed by atoms with E-state index in [1.165, 1.54) is 0 Å². The molecule has 0 spiro atoms. The van der Waals surface area contributed by atoms with Crippen LogP contribution < -0.4 is 5.32 Å². The van der Waals surface area contributed by atoms with Crippen LogP contribution in [0.4, 0.5) is 13.2 Å². The summed E-state index contributed by atoms with van der Waals surface area (Å²) in [6.07, 6.45) is -6.37. The Morgan fingerprint density at radius 2 is 2.05 bits per heavy atom. The lowest BCUT2D eigenvalue weighted by Gasteiger charge is -2.20. The van der Waals surface area contributed by atoms with Crippen molar-refractivity contribution in [2.45, 2.75) is 31.7 Å². The molecule has 3 atom stereocenters. The Morgan fingerprint density at radius 3 is 2.48 bits per heavy atom. The number of aliphatic hydroxyl groups excluding tert-OH is 1. The molecule has 0 bridgehead atoms. The van der Waals surface area contributed by atoms with Gasteiger partial charge in [-0.15, -0.1) is 0 Å². The fourth-order valence-corrected chi connectivity index (χ4v) is 1.98. The number of aliphatic hydroxyl groups is 1. The summed E-state index contributed by atoms with van der Waals surface area (Å²) in [5.41, 5.74) is 0. The molecule has 0 aromatic carbocycles. The van der Waals surface area contributed by atoms with Gasteiger partial charge in [0, 0.05) is 13.0 Å². The number of carboxylic acid groups (broad SMARTS) is 1. The van der Waals surface area contributed by atoms with Gasteiger partial charge < -0.3 is 20.4 Å². The van der Waals surface area contributed by atoms with E-state index < -0.39 is 61.5 Å². The molecule has 7 nitrogen and oxygen atoms in total. The number of likely N-dealkylation sites (tertiary alicyclic amines) is 1. The van der Waals surface area contributed by atoms with Gasteiger partial charge in [0.2, 0.25) is 11.8 Å². The Hall–Kier alpha value is -1.84.